The van der Waals surface area contributed by atoms with Crippen LogP contribution in [-0.4, -0.2) is 29.0 Å². The van der Waals surface area contributed by atoms with Crippen LogP contribution in [0.2, 0.25) is 0 Å². The highest BCUT2D eigenvalue weighted by molar-refractivity contribution is 5.98. The summed E-state index contributed by atoms with van der Waals surface area (Å²) in [5.41, 5.74) is 1.01. The third-order valence-corrected chi connectivity index (χ3v) is 2.96. The second-order valence-corrected chi connectivity index (χ2v) is 5.24. The van der Waals surface area contributed by atoms with Crippen molar-refractivity contribution in [3.05, 3.63) is 23.8 Å². The van der Waals surface area contributed by atoms with Crippen LogP contribution in [0.15, 0.2) is 18.2 Å². The van der Waals surface area contributed by atoms with Gasteiger partial charge in [-0.15, -0.1) is 0 Å². The van der Waals surface area contributed by atoms with Crippen molar-refractivity contribution in [3.8, 4) is 5.75 Å². The Morgan fingerprint density at radius 1 is 1.37 bits per heavy atom. The Morgan fingerprint density at radius 3 is 2.79 bits per heavy atom. The number of Topliss-reactive ketones (excluding diaryl/α,β-unsaturated/α-hetero) is 1. The number of ketones is 1. The molecule has 1 heterocycles. The Labute approximate surface area is 111 Å². The molecule has 0 bridgehead atoms. The fourth-order valence-corrected chi connectivity index (χ4v) is 1.94. The lowest BCUT2D eigenvalue weighted by Gasteiger charge is -2.33. The molecule has 102 valence electrons. The van der Waals surface area contributed by atoms with E-state index in [2.05, 4.69) is 5.32 Å². The van der Waals surface area contributed by atoms with Crippen LogP contribution in [0.3, 0.4) is 0 Å². The van der Waals surface area contributed by atoms with Gasteiger partial charge in [-0.1, -0.05) is 0 Å². The van der Waals surface area contributed by atoms with Crippen LogP contribution < -0.4 is 10.1 Å². The average Bonchev–Trinajstić information content (AvgIpc) is 2.34. The van der Waals surface area contributed by atoms with E-state index in [0.717, 1.165) is 5.69 Å². The Kier molecular flexibility index (Phi) is 3.46. The normalized spacial score (nSPS) is 15.9. The number of carbonyl (C=O) groups excluding carboxylic acids is 1. The Bertz CT molecular complexity index is 522. The summed E-state index contributed by atoms with van der Waals surface area (Å²) >= 11 is 0. The van der Waals surface area contributed by atoms with Gasteiger partial charge in [-0.2, -0.15) is 0 Å². The molecule has 0 unspecified atom stereocenters. The van der Waals surface area contributed by atoms with Gasteiger partial charge in [0.1, 0.15) is 11.4 Å². The lowest BCUT2D eigenvalue weighted by atomic mass is 10.0. The van der Waals surface area contributed by atoms with Gasteiger partial charge in [-0.25, -0.2) is 0 Å². The molecule has 2 N–H and O–H groups in total. The van der Waals surface area contributed by atoms with E-state index in [0.29, 0.717) is 17.9 Å². The topological polar surface area (TPSA) is 75.6 Å². The highest BCUT2D eigenvalue weighted by Crippen LogP contribution is 2.33. The molecule has 19 heavy (non-hydrogen) atoms. The van der Waals surface area contributed by atoms with Gasteiger partial charge < -0.3 is 15.2 Å². The standard InChI is InChI=1S/C14H17NO4/c1-14(2)8-15-10-7-9(3-5-12(10)19-14)11(16)4-6-13(17)18/h3,5,7,15H,4,6,8H2,1-2H3,(H,17,18). The van der Waals surface area contributed by atoms with E-state index in [1.165, 1.54) is 0 Å². The van der Waals surface area contributed by atoms with Crippen molar-refractivity contribution < 1.29 is 19.4 Å². The van der Waals surface area contributed by atoms with Crippen LogP contribution in [0.25, 0.3) is 0 Å². The SMILES string of the molecule is CC1(C)CNc2cc(C(=O)CCC(=O)O)ccc2O1. The van der Waals surface area contributed by atoms with E-state index in [1.807, 2.05) is 13.8 Å². The van der Waals surface area contributed by atoms with Crippen LogP contribution in [0.1, 0.15) is 37.0 Å². The summed E-state index contributed by atoms with van der Waals surface area (Å²) in [5, 5.41) is 11.8. The molecule has 2 rings (SSSR count). The van der Waals surface area contributed by atoms with Gasteiger partial charge in [0, 0.05) is 12.0 Å². The minimum atomic E-state index is -0.963. The molecule has 1 aromatic rings. The van der Waals surface area contributed by atoms with Crippen molar-refractivity contribution in [1.82, 2.24) is 0 Å². The first-order valence-corrected chi connectivity index (χ1v) is 6.19. The number of anilines is 1. The smallest absolute Gasteiger partial charge is 0.303 e. The lowest BCUT2D eigenvalue weighted by Crippen LogP contribution is -2.40. The number of carbonyl (C=O) groups is 2. The van der Waals surface area contributed by atoms with Gasteiger partial charge in [-0.05, 0) is 32.0 Å². The summed E-state index contributed by atoms with van der Waals surface area (Å²) in [6.07, 6.45) is -0.132. The number of carboxylic acids is 1. The molecule has 0 spiro atoms. The molecule has 0 fully saturated rings. The van der Waals surface area contributed by atoms with Gasteiger partial charge in [0.25, 0.3) is 0 Å². The monoisotopic (exact) mass is 263 g/mol. The van der Waals surface area contributed by atoms with Gasteiger partial charge >= 0.3 is 5.97 Å². The second kappa shape index (κ2) is 4.91. The Morgan fingerprint density at radius 2 is 2.11 bits per heavy atom. The zero-order valence-electron chi connectivity index (χ0n) is 11.0. The molecule has 0 amide bonds. The zero-order chi connectivity index (χ0) is 14.0. The highest BCUT2D eigenvalue weighted by atomic mass is 16.5. The van der Waals surface area contributed by atoms with Gasteiger partial charge in [0.05, 0.1) is 18.7 Å². The van der Waals surface area contributed by atoms with Crippen molar-refractivity contribution in [1.29, 1.82) is 0 Å². The first-order chi connectivity index (χ1) is 8.87. The second-order valence-electron chi connectivity index (χ2n) is 5.24. The van der Waals surface area contributed by atoms with E-state index in [4.69, 9.17) is 9.84 Å². The predicted molar refractivity (Wildman–Crippen MR) is 70.8 cm³/mol. The van der Waals surface area contributed by atoms with Crippen LogP contribution >= 0.6 is 0 Å². The van der Waals surface area contributed by atoms with Crippen LogP contribution in [-0.2, 0) is 4.79 Å². The van der Waals surface area contributed by atoms with Gasteiger partial charge in [0.2, 0.25) is 0 Å². The van der Waals surface area contributed by atoms with Crippen LogP contribution in [0.5, 0.6) is 5.75 Å². The molecule has 0 radical (unpaired) electrons. The van der Waals surface area contributed by atoms with Crippen molar-refractivity contribution in [2.24, 2.45) is 0 Å². The summed E-state index contributed by atoms with van der Waals surface area (Å²) in [6.45, 7) is 4.62. The summed E-state index contributed by atoms with van der Waals surface area (Å²) in [6, 6.07) is 5.14. The van der Waals surface area contributed by atoms with Crippen molar-refractivity contribution in [3.63, 3.8) is 0 Å². The summed E-state index contributed by atoms with van der Waals surface area (Å²) in [4.78, 5) is 22.3. The first-order valence-electron chi connectivity index (χ1n) is 6.19. The van der Waals surface area contributed by atoms with Crippen LogP contribution in [0, 0.1) is 0 Å². The number of ether oxygens (including phenoxy) is 1. The van der Waals surface area contributed by atoms with Gasteiger partial charge in [-0.3, -0.25) is 9.59 Å². The van der Waals surface area contributed by atoms with Crippen molar-refractivity contribution >= 4 is 17.4 Å². The Hall–Kier alpha value is -2.04. The number of carboxylic acid groups (broad SMARTS) is 1. The van der Waals surface area contributed by atoms with E-state index >= 15 is 0 Å². The Balaban J connectivity index is 2.14. The molecular formula is C14H17NO4. The fourth-order valence-electron chi connectivity index (χ4n) is 1.94. The minimum Gasteiger partial charge on any atom is -0.484 e. The number of aliphatic carboxylic acids is 1. The molecule has 5 nitrogen and oxygen atoms in total. The molecule has 0 atom stereocenters. The molecular weight excluding hydrogens is 246 g/mol. The molecule has 0 saturated carbocycles. The number of nitrogens with one attached hydrogen (secondary N) is 1. The van der Waals surface area contributed by atoms with E-state index < -0.39 is 5.97 Å². The molecule has 1 aliphatic heterocycles. The minimum absolute atomic E-state index is 0.0144. The maximum atomic E-state index is 11.8. The first kappa shape index (κ1) is 13.4. The van der Waals surface area contributed by atoms with Gasteiger partial charge in [0.15, 0.2) is 5.78 Å². The third-order valence-electron chi connectivity index (χ3n) is 2.96. The number of hydrogen-bond donors (Lipinski definition) is 2. The molecule has 1 aromatic carbocycles. The summed E-state index contributed by atoms with van der Waals surface area (Å²) < 4.78 is 5.78. The van der Waals surface area contributed by atoms with Crippen molar-refractivity contribution in [2.75, 3.05) is 11.9 Å². The van der Waals surface area contributed by atoms with Crippen LogP contribution in [0.4, 0.5) is 5.69 Å². The van der Waals surface area contributed by atoms with E-state index in [-0.39, 0.29) is 24.2 Å². The van der Waals surface area contributed by atoms with Crippen molar-refractivity contribution in [2.45, 2.75) is 32.3 Å². The molecule has 0 aromatic heterocycles. The largest absolute Gasteiger partial charge is 0.484 e. The molecule has 0 aliphatic carbocycles. The highest BCUT2D eigenvalue weighted by Gasteiger charge is 2.26. The average molecular weight is 263 g/mol. The summed E-state index contributed by atoms with van der Waals surface area (Å²) in [5.74, 6) is -0.419. The molecule has 0 saturated heterocycles. The van der Waals surface area contributed by atoms with E-state index in [1.54, 1.807) is 18.2 Å². The van der Waals surface area contributed by atoms with E-state index in [9.17, 15) is 9.59 Å². The third kappa shape index (κ3) is 3.24. The zero-order valence-corrected chi connectivity index (χ0v) is 11.0. The maximum Gasteiger partial charge on any atom is 0.303 e. The molecule has 1 aliphatic rings. The number of benzene rings is 1. The number of fused-ring (bicyclic) bond motifs is 1. The number of rotatable bonds is 4. The maximum absolute atomic E-state index is 11.8. The quantitative estimate of drug-likeness (QED) is 0.815. The molecule has 5 heteroatoms. The number of hydrogen-bond acceptors (Lipinski definition) is 4. The lowest BCUT2D eigenvalue weighted by molar-refractivity contribution is -0.136. The summed E-state index contributed by atoms with van der Waals surface area (Å²) in [7, 11) is 0. The fraction of sp³-hybridized carbons (Fsp3) is 0.429. The predicted octanol–water partition coefficient (Wildman–Crippen LogP) is 2.32.